The van der Waals surface area contributed by atoms with Crippen molar-refractivity contribution >= 4 is 16.8 Å². The second-order valence-electron chi connectivity index (χ2n) is 5.15. The number of anilines is 1. The Labute approximate surface area is 116 Å². The van der Waals surface area contributed by atoms with E-state index in [1.807, 2.05) is 36.4 Å². The zero-order valence-electron chi connectivity index (χ0n) is 11.0. The third-order valence-electron chi connectivity index (χ3n) is 3.68. The van der Waals surface area contributed by atoms with Crippen molar-refractivity contribution in [1.82, 2.24) is 15.5 Å². The maximum atomic E-state index is 5.83. The quantitative estimate of drug-likeness (QED) is 0.683. The van der Waals surface area contributed by atoms with E-state index in [4.69, 9.17) is 4.42 Å². The summed E-state index contributed by atoms with van der Waals surface area (Å²) < 4.78 is 5.83. The van der Waals surface area contributed by atoms with Gasteiger partial charge in [0.2, 0.25) is 0 Å². The lowest BCUT2D eigenvalue weighted by Crippen LogP contribution is -2.22. The van der Waals surface area contributed by atoms with Crippen LogP contribution in [0.4, 0.5) is 5.82 Å². The first kappa shape index (κ1) is 11.5. The number of H-pyrrole nitrogens is 1. The predicted octanol–water partition coefficient (Wildman–Crippen LogP) is 2.60. The van der Waals surface area contributed by atoms with Gasteiger partial charge in [-0.2, -0.15) is 5.10 Å². The van der Waals surface area contributed by atoms with Crippen LogP contribution in [0.5, 0.6) is 0 Å². The fourth-order valence-electron chi connectivity index (χ4n) is 2.62. The fraction of sp³-hybridized carbons (Fsp3) is 0.267. The molecule has 3 N–H and O–H groups in total. The summed E-state index contributed by atoms with van der Waals surface area (Å²) >= 11 is 0. The van der Waals surface area contributed by atoms with E-state index in [0.29, 0.717) is 6.04 Å². The number of benzene rings is 1. The smallest absolute Gasteiger partial charge is 0.153 e. The Morgan fingerprint density at radius 3 is 3.05 bits per heavy atom. The topological polar surface area (TPSA) is 65.9 Å². The summed E-state index contributed by atoms with van der Waals surface area (Å²) in [6.45, 7) is 2.06. The van der Waals surface area contributed by atoms with Crippen molar-refractivity contribution in [2.45, 2.75) is 12.5 Å². The van der Waals surface area contributed by atoms with Gasteiger partial charge in [-0.15, -0.1) is 0 Å². The van der Waals surface area contributed by atoms with Gasteiger partial charge in [-0.1, -0.05) is 18.2 Å². The summed E-state index contributed by atoms with van der Waals surface area (Å²) in [6.07, 6.45) is 1.13. The van der Waals surface area contributed by atoms with Crippen molar-refractivity contribution < 1.29 is 4.42 Å². The molecule has 1 aliphatic heterocycles. The molecule has 3 heterocycles. The van der Waals surface area contributed by atoms with E-state index in [1.165, 1.54) is 0 Å². The van der Waals surface area contributed by atoms with Gasteiger partial charge in [0.1, 0.15) is 17.1 Å². The molecular formula is C15H16N4O. The summed E-state index contributed by atoms with van der Waals surface area (Å²) in [5.41, 5.74) is 1.79. The fourth-order valence-corrected chi connectivity index (χ4v) is 2.62. The molecule has 2 aromatic heterocycles. The van der Waals surface area contributed by atoms with Gasteiger partial charge >= 0.3 is 0 Å². The largest absolute Gasteiger partial charge is 0.454 e. The van der Waals surface area contributed by atoms with E-state index in [1.54, 1.807) is 0 Å². The zero-order chi connectivity index (χ0) is 13.4. The average molecular weight is 268 g/mol. The van der Waals surface area contributed by atoms with Crippen molar-refractivity contribution in [3.8, 4) is 11.5 Å². The van der Waals surface area contributed by atoms with Crippen molar-refractivity contribution in [2.24, 2.45) is 0 Å². The molecule has 20 heavy (non-hydrogen) atoms. The van der Waals surface area contributed by atoms with E-state index < -0.39 is 0 Å². The number of hydrogen-bond donors (Lipinski definition) is 3. The Morgan fingerprint density at radius 1 is 1.25 bits per heavy atom. The molecule has 5 heteroatoms. The molecule has 1 saturated heterocycles. The summed E-state index contributed by atoms with van der Waals surface area (Å²) in [7, 11) is 0. The third-order valence-corrected chi connectivity index (χ3v) is 3.68. The first-order valence-corrected chi connectivity index (χ1v) is 6.90. The van der Waals surface area contributed by atoms with Crippen LogP contribution in [0.15, 0.2) is 40.8 Å². The zero-order valence-corrected chi connectivity index (χ0v) is 11.0. The summed E-state index contributed by atoms with van der Waals surface area (Å²) in [5, 5.41) is 15.2. The number of hydrogen-bond acceptors (Lipinski definition) is 4. The Morgan fingerprint density at radius 2 is 2.20 bits per heavy atom. The van der Waals surface area contributed by atoms with Gasteiger partial charge in [0.25, 0.3) is 0 Å². The predicted molar refractivity (Wildman–Crippen MR) is 78.7 cm³/mol. The number of aromatic nitrogens is 2. The van der Waals surface area contributed by atoms with Gasteiger partial charge in [0, 0.05) is 24.0 Å². The molecule has 3 aromatic rings. The van der Waals surface area contributed by atoms with Crippen LogP contribution in [-0.4, -0.2) is 29.3 Å². The molecule has 102 valence electrons. The average Bonchev–Trinajstić information content (AvgIpc) is 3.18. The number of furan rings is 1. The molecule has 0 spiro atoms. The highest BCUT2D eigenvalue weighted by Gasteiger charge is 2.16. The SMILES string of the molecule is c1ccc2oc(-c3cc(NC4CCNC4)n[nH]3)cc2c1. The minimum absolute atomic E-state index is 0.460. The first-order chi connectivity index (χ1) is 9.88. The lowest BCUT2D eigenvalue weighted by molar-refractivity contribution is 0.628. The number of nitrogens with one attached hydrogen (secondary N) is 3. The molecule has 1 aromatic carbocycles. The second kappa shape index (κ2) is 4.68. The molecule has 0 aliphatic carbocycles. The minimum atomic E-state index is 0.460. The lowest BCUT2D eigenvalue weighted by Gasteiger charge is -2.08. The molecule has 1 fully saturated rings. The molecule has 0 amide bonds. The summed E-state index contributed by atoms with van der Waals surface area (Å²) in [4.78, 5) is 0. The van der Waals surface area contributed by atoms with Crippen LogP contribution in [0.2, 0.25) is 0 Å². The Balaban J connectivity index is 1.60. The van der Waals surface area contributed by atoms with Crippen molar-refractivity contribution in [3.05, 3.63) is 36.4 Å². The van der Waals surface area contributed by atoms with Crippen LogP contribution in [0.3, 0.4) is 0 Å². The van der Waals surface area contributed by atoms with Crippen molar-refractivity contribution in [3.63, 3.8) is 0 Å². The molecule has 1 aliphatic rings. The van der Waals surface area contributed by atoms with E-state index in [-0.39, 0.29) is 0 Å². The molecule has 1 unspecified atom stereocenters. The van der Waals surface area contributed by atoms with Crippen LogP contribution in [0.25, 0.3) is 22.4 Å². The Bertz CT molecular complexity index is 691. The summed E-state index contributed by atoms with van der Waals surface area (Å²) in [6, 6.07) is 12.5. The highest BCUT2D eigenvalue weighted by atomic mass is 16.3. The number of rotatable bonds is 3. The van der Waals surface area contributed by atoms with Crippen molar-refractivity contribution in [2.75, 3.05) is 18.4 Å². The van der Waals surface area contributed by atoms with Gasteiger partial charge in [0.15, 0.2) is 5.76 Å². The van der Waals surface area contributed by atoms with Gasteiger partial charge in [0.05, 0.1) is 0 Å². The molecule has 0 radical (unpaired) electrons. The number of aromatic amines is 1. The van der Waals surface area contributed by atoms with Crippen LogP contribution in [0.1, 0.15) is 6.42 Å². The van der Waals surface area contributed by atoms with E-state index >= 15 is 0 Å². The standard InChI is InChI=1S/C15H16N4O/c1-2-4-13-10(3-1)7-14(20-13)12-8-15(19-18-12)17-11-5-6-16-9-11/h1-4,7-8,11,16H,5-6,9H2,(H2,17,18,19). The molecule has 1 atom stereocenters. The van der Waals surface area contributed by atoms with Crippen LogP contribution in [-0.2, 0) is 0 Å². The molecule has 4 rings (SSSR count). The summed E-state index contributed by atoms with van der Waals surface area (Å²) in [5.74, 6) is 1.69. The number of nitrogens with zero attached hydrogens (tertiary/aromatic N) is 1. The maximum Gasteiger partial charge on any atom is 0.153 e. The van der Waals surface area contributed by atoms with Crippen LogP contribution >= 0.6 is 0 Å². The van der Waals surface area contributed by atoms with E-state index in [9.17, 15) is 0 Å². The highest BCUT2D eigenvalue weighted by Crippen LogP contribution is 2.27. The van der Waals surface area contributed by atoms with E-state index in [2.05, 4.69) is 20.8 Å². The molecule has 5 nitrogen and oxygen atoms in total. The normalized spacial score (nSPS) is 18.7. The third kappa shape index (κ3) is 2.06. The minimum Gasteiger partial charge on any atom is -0.454 e. The Hall–Kier alpha value is -2.27. The highest BCUT2D eigenvalue weighted by molar-refractivity contribution is 5.82. The maximum absolute atomic E-state index is 5.83. The van der Waals surface area contributed by atoms with Gasteiger partial charge in [-0.25, -0.2) is 0 Å². The van der Waals surface area contributed by atoms with Gasteiger partial charge in [-0.3, -0.25) is 5.10 Å². The van der Waals surface area contributed by atoms with Gasteiger partial charge < -0.3 is 15.1 Å². The monoisotopic (exact) mass is 268 g/mol. The number of fused-ring (bicyclic) bond motifs is 1. The molecular weight excluding hydrogens is 252 g/mol. The molecule has 0 saturated carbocycles. The van der Waals surface area contributed by atoms with Gasteiger partial charge in [-0.05, 0) is 25.1 Å². The number of para-hydroxylation sites is 1. The van der Waals surface area contributed by atoms with E-state index in [0.717, 1.165) is 47.8 Å². The van der Waals surface area contributed by atoms with Crippen LogP contribution in [0, 0.1) is 0 Å². The Kier molecular flexibility index (Phi) is 2.70. The second-order valence-corrected chi connectivity index (χ2v) is 5.15. The first-order valence-electron chi connectivity index (χ1n) is 6.90. The van der Waals surface area contributed by atoms with Crippen LogP contribution < -0.4 is 10.6 Å². The lowest BCUT2D eigenvalue weighted by atomic mass is 10.2. The molecule has 0 bridgehead atoms. The van der Waals surface area contributed by atoms with Crippen molar-refractivity contribution in [1.29, 1.82) is 0 Å².